The number of nitrogens with zero attached hydrogens (tertiary/aromatic N) is 2. The predicted molar refractivity (Wildman–Crippen MR) is 74.9 cm³/mol. The summed E-state index contributed by atoms with van der Waals surface area (Å²) >= 11 is 0. The molecule has 106 valence electrons. The largest absolute Gasteiger partial charge is 0.356 e. The van der Waals surface area contributed by atoms with Crippen LogP contribution in [0, 0.1) is 0 Å². The van der Waals surface area contributed by atoms with E-state index >= 15 is 0 Å². The molecule has 0 aliphatic carbocycles. The van der Waals surface area contributed by atoms with E-state index in [-0.39, 0.29) is 5.91 Å². The number of imidazole rings is 1. The third-order valence-electron chi connectivity index (χ3n) is 3.52. The minimum absolute atomic E-state index is 0.139. The van der Waals surface area contributed by atoms with Gasteiger partial charge in [-0.3, -0.25) is 4.79 Å². The molecule has 0 bridgehead atoms. The van der Waals surface area contributed by atoms with E-state index in [1.807, 2.05) is 0 Å². The first kappa shape index (κ1) is 14.1. The second kappa shape index (κ2) is 6.70. The van der Waals surface area contributed by atoms with Crippen molar-refractivity contribution in [3.05, 3.63) is 17.2 Å². The normalized spacial score (nSPS) is 14.2. The smallest absolute Gasteiger partial charge is 0.221 e. The highest BCUT2D eigenvalue weighted by Crippen LogP contribution is 2.17. The summed E-state index contributed by atoms with van der Waals surface area (Å²) in [5.74, 6) is 1.25. The molecule has 0 saturated heterocycles. The van der Waals surface area contributed by atoms with Gasteiger partial charge in [-0.05, 0) is 6.42 Å². The summed E-state index contributed by atoms with van der Waals surface area (Å²) in [7, 11) is 0. The molecule has 1 aliphatic heterocycles. The standard InChI is InChI=1S/C14H24N4O/c1-3-7-16-14(19)6-9-18-12-5-8-15-10-11(12)17-13(18)4-2/h15H,3-10H2,1-2H3,(H,16,19). The van der Waals surface area contributed by atoms with Crippen molar-refractivity contribution in [2.24, 2.45) is 0 Å². The molecule has 5 heteroatoms. The van der Waals surface area contributed by atoms with Crippen LogP contribution in [0.1, 0.15) is 43.9 Å². The van der Waals surface area contributed by atoms with Gasteiger partial charge in [-0.15, -0.1) is 0 Å². The van der Waals surface area contributed by atoms with Crippen molar-refractivity contribution >= 4 is 5.91 Å². The minimum Gasteiger partial charge on any atom is -0.356 e. The third-order valence-corrected chi connectivity index (χ3v) is 3.52. The van der Waals surface area contributed by atoms with Crippen LogP contribution >= 0.6 is 0 Å². The van der Waals surface area contributed by atoms with Gasteiger partial charge in [0.15, 0.2) is 0 Å². The second-order valence-corrected chi connectivity index (χ2v) is 4.95. The van der Waals surface area contributed by atoms with E-state index in [1.54, 1.807) is 0 Å². The first-order valence-corrected chi connectivity index (χ1v) is 7.30. The molecule has 0 saturated carbocycles. The van der Waals surface area contributed by atoms with E-state index in [1.165, 1.54) is 5.69 Å². The first-order valence-electron chi connectivity index (χ1n) is 7.30. The summed E-state index contributed by atoms with van der Waals surface area (Å²) in [6, 6.07) is 0. The summed E-state index contributed by atoms with van der Waals surface area (Å²) in [5, 5.41) is 6.27. The van der Waals surface area contributed by atoms with Crippen LogP contribution in [0.2, 0.25) is 0 Å². The lowest BCUT2D eigenvalue weighted by Gasteiger charge is -2.16. The Morgan fingerprint density at radius 2 is 2.32 bits per heavy atom. The maximum Gasteiger partial charge on any atom is 0.221 e. The molecule has 0 spiro atoms. The van der Waals surface area contributed by atoms with Gasteiger partial charge in [-0.1, -0.05) is 13.8 Å². The van der Waals surface area contributed by atoms with Crippen molar-refractivity contribution in [1.82, 2.24) is 20.2 Å². The van der Waals surface area contributed by atoms with Crippen molar-refractivity contribution in [3.8, 4) is 0 Å². The molecule has 19 heavy (non-hydrogen) atoms. The molecule has 2 heterocycles. The van der Waals surface area contributed by atoms with E-state index in [0.717, 1.165) is 57.0 Å². The lowest BCUT2D eigenvalue weighted by Crippen LogP contribution is -2.27. The number of fused-ring (bicyclic) bond motifs is 1. The Morgan fingerprint density at radius 1 is 1.47 bits per heavy atom. The van der Waals surface area contributed by atoms with Gasteiger partial charge < -0.3 is 15.2 Å². The summed E-state index contributed by atoms with van der Waals surface area (Å²) in [4.78, 5) is 16.4. The van der Waals surface area contributed by atoms with Crippen LogP contribution in [0.25, 0.3) is 0 Å². The molecule has 1 aliphatic rings. The van der Waals surface area contributed by atoms with Gasteiger partial charge in [0.1, 0.15) is 5.82 Å². The molecule has 0 aromatic carbocycles. The van der Waals surface area contributed by atoms with Gasteiger partial charge in [-0.2, -0.15) is 0 Å². The molecule has 1 aromatic heterocycles. The Kier molecular flexibility index (Phi) is 4.96. The molecule has 0 unspecified atom stereocenters. The van der Waals surface area contributed by atoms with Gasteiger partial charge >= 0.3 is 0 Å². The quantitative estimate of drug-likeness (QED) is 0.806. The van der Waals surface area contributed by atoms with Gasteiger partial charge in [0.25, 0.3) is 0 Å². The van der Waals surface area contributed by atoms with E-state index in [0.29, 0.717) is 6.42 Å². The van der Waals surface area contributed by atoms with Gasteiger partial charge in [0.2, 0.25) is 5.91 Å². The molecule has 0 atom stereocenters. The Morgan fingerprint density at radius 3 is 3.05 bits per heavy atom. The maximum absolute atomic E-state index is 11.7. The van der Waals surface area contributed by atoms with Crippen LogP contribution in [0.3, 0.4) is 0 Å². The average Bonchev–Trinajstić information content (AvgIpc) is 2.80. The number of hydrogen-bond donors (Lipinski definition) is 2. The third kappa shape index (κ3) is 3.35. The van der Waals surface area contributed by atoms with Crippen molar-refractivity contribution in [2.75, 3.05) is 13.1 Å². The Hall–Kier alpha value is -1.36. The zero-order chi connectivity index (χ0) is 13.7. The van der Waals surface area contributed by atoms with Gasteiger partial charge in [0, 0.05) is 51.1 Å². The number of carbonyl (C=O) groups excluding carboxylic acids is 1. The number of aryl methyl sites for hydroxylation is 1. The Bertz CT molecular complexity index is 439. The number of nitrogens with one attached hydrogen (secondary N) is 2. The van der Waals surface area contributed by atoms with Crippen LogP contribution in [0.5, 0.6) is 0 Å². The SMILES string of the molecule is CCCNC(=O)CCn1c(CC)nc2c1CCNC2. The molecule has 0 radical (unpaired) electrons. The summed E-state index contributed by atoms with van der Waals surface area (Å²) in [6.07, 6.45) is 3.46. The van der Waals surface area contributed by atoms with Crippen molar-refractivity contribution in [3.63, 3.8) is 0 Å². The van der Waals surface area contributed by atoms with Crippen LogP contribution in [0.4, 0.5) is 0 Å². The van der Waals surface area contributed by atoms with Gasteiger partial charge in [0.05, 0.1) is 5.69 Å². The van der Waals surface area contributed by atoms with Crippen LogP contribution < -0.4 is 10.6 Å². The topological polar surface area (TPSA) is 59.0 Å². The predicted octanol–water partition coefficient (Wildman–Crippen LogP) is 1.01. The molecule has 2 N–H and O–H groups in total. The molecule has 5 nitrogen and oxygen atoms in total. The monoisotopic (exact) mass is 264 g/mol. The number of amides is 1. The highest BCUT2D eigenvalue weighted by Gasteiger charge is 2.18. The lowest BCUT2D eigenvalue weighted by atomic mass is 10.2. The highest BCUT2D eigenvalue weighted by atomic mass is 16.1. The Labute approximate surface area is 114 Å². The maximum atomic E-state index is 11.7. The van der Waals surface area contributed by atoms with Crippen LogP contribution in [0.15, 0.2) is 0 Å². The number of rotatable bonds is 6. The number of aromatic nitrogens is 2. The van der Waals surface area contributed by atoms with Crippen molar-refractivity contribution in [1.29, 1.82) is 0 Å². The summed E-state index contributed by atoms with van der Waals surface area (Å²) < 4.78 is 2.25. The minimum atomic E-state index is 0.139. The molecule has 2 rings (SSSR count). The van der Waals surface area contributed by atoms with E-state index in [9.17, 15) is 4.79 Å². The Balaban J connectivity index is 2.02. The fraction of sp³-hybridized carbons (Fsp3) is 0.714. The molecule has 1 amide bonds. The second-order valence-electron chi connectivity index (χ2n) is 4.95. The highest BCUT2D eigenvalue weighted by molar-refractivity contribution is 5.75. The van der Waals surface area contributed by atoms with Crippen LogP contribution in [-0.2, 0) is 30.7 Å². The van der Waals surface area contributed by atoms with E-state index in [4.69, 9.17) is 0 Å². The zero-order valence-electron chi connectivity index (χ0n) is 12.0. The fourth-order valence-corrected chi connectivity index (χ4v) is 2.53. The molecule has 0 fully saturated rings. The van der Waals surface area contributed by atoms with E-state index < -0.39 is 0 Å². The van der Waals surface area contributed by atoms with Crippen molar-refractivity contribution in [2.45, 2.75) is 52.6 Å². The molecular formula is C14H24N4O. The van der Waals surface area contributed by atoms with E-state index in [2.05, 4.69) is 34.0 Å². The summed E-state index contributed by atoms with van der Waals surface area (Å²) in [5.41, 5.74) is 2.48. The number of carbonyl (C=O) groups is 1. The lowest BCUT2D eigenvalue weighted by molar-refractivity contribution is -0.121. The summed E-state index contributed by atoms with van der Waals surface area (Å²) in [6.45, 7) is 7.57. The fourth-order valence-electron chi connectivity index (χ4n) is 2.53. The first-order chi connectivity index (χ1) is 9.26. The number of hydrogen-bond acceptors (Lipinski definition) is 3. The zero-order valence-corrected chi connectivity index (χ0v) is 12.0. The van der Waals surface area contributed by atoms with Crippen LogP contribution in [-0.4, -0.2) is 28.5 Å². The van der Waals surface area contributed by atoms with Crippen molar-refractivity contribution < 1.29 is 4.79 Å². The molecular weight excluding hydrogens is 240 g/mol. The average molecular weight is 264 g/mol. The van der Waals surface area contributed by atoms with Gasteiger partial charge in [-0.25, -0.2) is 4.98 Å². The molecule has 1 aromatic rings.